The van der Waals surface area contributed by atoms with E-state index in [2.05, 4.69) is 15.9 Å². The van der Waals surface area contributed by atoms with E-state index in [0.29, 0.717) is 11.3 Å². The highest BCUT2D eigenvalue weighted by molar-refractivity contribution is 9.10. The average Bonchev–Trinajstić information content (AvgIpc) is 2.22. The van der Waals surface area contributed by atoms with Gasteiger partial charge < -0.3 is 9.84 Å². The second-order valence-electron chi connectivity index (χ2n) is 3.75. The number of ketones is 1. The van der Waals surface area contributed by atoms with Crippen molar-refractivity contribution in [1.29, 1.82) is 0 Å². The summed E-state index contributed by atoms with van der Waals surface area (Å²) in [4.78, 5) is 22.2. The lowest BCUT2D eigenvalue weighted by Gasteiger charge is -2.14. The lowest BCUT2D eigenvalue weighted by Crippen LogP contribution is -2.23. The molecule has 0 fully saturated rings. The van der Waals surface area contributed by atoms with Gasteiger partial charge in [0.25, 0.3) is 0 Å². The highest BCUT2D eigenvalue weighted by atomic mass is 79.9. The van der Waals surface area contributed by atoms with Crippen LogP contribution >= 0.6 is 15.9 Å². The third-order valence-corrected chi connectivity index (χ3v) is 3.15. The number of hydrogen-bond donors (Lipinski definition) is 1. The van der Waals surface area contributed by atoms with Crippen LogP contribution in [0.5, 0.6) is 5.75 Å². The van der Waals surface area contributed by atoms with Gasteiger partial charge in [0.05, 0.1) is 5.56 Å². The van der Waals surface area contributed by atoms with Crippen LogP contribution < -0.4 is 4.74 Å². The molecular formula is C12H13BrO4. The summed E-state index contributed by atoms with van der Waals surface area (Å²) in [5.41, 5.74) is 1.25. The topological polar surface area (TPSA) is 63.6 Å². The summed E-state index contributed by atoms with van der Waals surface area (Å²) in [6.07, 6.45) is -0.992. The summed E-state index contributed by atoms with van der Waals surface area (Å²) in [7, 11) is 0. The van der Waals surface area contributed by atoms with Crippen LogP contribution in [0.1, 0.15) is 29.8 Å². The van der Waals surface area contributed by atoms with E-state index >= 15 is 0 Å². The summed E-state index contributed by atoms with van der Waals surface area (Å²) >= 11 is 3.32. The van der Waals surface area contributed by atoms with Gasteiger partial charge in [-0.3, -0.25) is 4.79 Å². The molecule has 5 heteroatoms. The van der Waals surface area contributed by atoms with E-state index < -0.39 is 12.1 Å². The van der Waals surface area contributed by atoms with Gasteiger partial charge in [-0.25, -0.2) is 4.79 Å². The molecule has 1 aromatic rings. The molecule has 92 valence electrons. The second-order valence-corrected chi connectivity index (χ2v) is 4.61. The zero-order valence-electron chi connectivity index (χ0n) is 9.78. The molecule has 4 nitrogen and oxygen atoms in total. The smallest absolute Gasteiger partial charge is 0.344 e. The van der Waals surface area contributed by atoms with E-state index in [9.17, 15) is 9.59 Å². The number of rotatable bonds is 4. The van der Waals surface area contributed by atoms with Gasteiger partial charge in [0, 0.05) is 4.47 Å². The van der Waals surface area contributed by atoms with Crippen molar-refractivity contribution in [2.24, 2.45) is 0 Å². The molecule has 1 atom stereocenters. The Kier molecular flexibility index (Phi) is 4.28. The van der Waals surface area contributed by atoms with Crippen LogP contribution in [0.3, 0.4) is 0 Å². The predicted octanol–water partition coefficient (Wildman–Crippen LogP) is 2.81. The van der Waals surface area contributed by atoms with E-state index in [4.69, 9.17) is 9.84 Å². The first-order valence-electron chi connectivity index (χ1n) is 5.03. The third-order valence-electron chi connectivity index (χ3n) is 2.29. The fourth-order valence-electron chi connectivity index (χ4n) is 1.27. The molecule has 0 aliphatic heterocycles. The van der Waals surface area contributed by atoms with Crippen LogP contribution in [0, 0.1) is 6.92 Å². The van der Waals surface area contributed by atoms with Gasteiger partial charge in [-0.15, -0.1) is 0 Å². The van der Waals surface area contributed by atoms with Crippen LogP contribution in [0.4, 0.5) is 0 Å². The number of benzene rings is 1. The highest BCUT2D eigenvalue weighted by Gasteiger charge is 2.17. The van der Waals surface area contributed by atoms with Gasteiger partial charge >= 0.3 is 5.97 Å². The summed E-state index contributed by atoms with van der Waals surface area (Å²) in [6, 6.07) is 3.29. The molecule has 17 heavy (non-hydrogen) atoms. The molecule has 0 heterocycles. The summed E-state index contributed by atoms with van der Waals surface area (Å²) in [5, 5.41) is 8.78. The number of carboxylic acids is 1. The second kappa shape index (κ2) is 5.31. The minimum atomic E-state index is -1.07. The molecule has 0 spiro atoms. The standard InChI is InChI=1S/C12H13BrO4/c1-6-4-11(17-8(3)12(15)16)9(7(2)14)5-10(6)13/h4-5,8H,1-3H3,(H,15,16). The van der Waals surface area contributed by atoms with Crippen molar-refractivity contribution in [3.05, 3.63) is 27.7 Å². The van der Waals surface area contributed by atoms with Crippen molar-refractivity contribution in [2.75, 3.05) is 0 Å². The van der Waals surface area contributed by atoms with E-state index in [-0.39, 0.29) is 5.78 Å². The van der Waals surface area contributed by atoms with Gasteiger partial charge in [0.1, 0.15) is 5.75 Å². The number of aryl methyl sites for hydroxylation is 1. The molecule has 1 rings (SSSR count). The van der Waals surface area contributed by atoms with Crippen LogP contribution in [0.15, 0.2) is 16.6 Å². The van der Waals surface area contributed by atoms with Gasteiger partial charge in [-0.2, -0.15) is 0 Å². The number of carbonyl (C=O) groups is 2. The van der Waals surface area contributed by atoms with Gasteiger partial charge in [-0.05, 0) is 38.5 Å². The Bertz CT molecular complexity index is 468. The van der Waals surface area contributed by atoms with Crippen molar-refractivity contribution >= 4 is 27.7 Å². The number of Topliss-reactive ketones (excluding diaryl/α,β-unsaturated/α-hetero) is 1. The van der Waals surface area contributed by atoms with E-state index in [0.717, 1.165) is 10.0 Å². The Hall–Kier alpha value is -1.36. The Morgan fingerprint density at radius 1 is 1.41 bits per heavy atom. The molecule has 1 unspecified atom stereocenters. The number of carbonyl (C=O) groups excluding carboxylic acids is 1. The van der Waals surface area contributed by atoms with E-state index in [1.807, 2.05) is 6.92 Å². The summed E-state index contributed by atoms with van der Waals surface area (Å²) in [5.74, 6) is -0.938. The first kappa shape index (κ1) is 13.7. The maximum Gasteiger partial charge on any atom is 0.344 e. The van der Waals surface area contributed by atoms with Crippen LogP contribution in [-0.2, 0) is 4.79 Å². The highest BCUT2D eigenvalue weighted by Crippen LogP contribution is 2.28. The Labute approximate surface area is 108 Å². The molecule has 1 aromatic carbocycles. The molecular weight excluding hydrogens is 288 g/mol. The molecule has 0 saturated carbocycles. The predicted molar refractivity (Wildman–Crippen MR) is 66.6 cm³/mol. The maximum absolute atomic E-state index is 11.4. The largest absolute Gasteiger partial charge is 0.479 e. The molecule has 0 bridgehead atoms. The maximum atomic E-state index is 11.4. The van der Waals surface area contributed by atoms with Crippen molar-refractivity contribution in [3.63, 3.8) is 0 Å². The molecule has 1 N–H and O–H groups in total. The minimum Gasteiger partial charge on any atom is -0.479 e. The molecule has 0 aliphatic rings. The molecule has 0 saturated heterocycles. The van der Waals surface area contributed by atoms with Crippen molar-refractivity contribution < 1.29 is 19.4 Å². The van der Waals surface area contributed by atoms with Crippen LogP contribution in [0.2, 0.25) is 0 Å². The van der Waals surface area contributed by atoms with Gasteiger partial charge in [0.15, 0.2) is 11.9 Å². The Balaban J connectivity index is 3.17. The average molecular weight is 301 g/mol. The Morgan fingerprint density at radius 2 is 2.00 bits per heavy atom. The lowest BCUT2D eigenvalue weighted by molar-refractivity contribution is -0.144. The Morgan fingerprint density at radius 3 is 2.47 bits per heavy atom. The number of aliphatic carboxylic acids is 1. The molecule has 0 amide bonds. The fraction of sp³-hybridized carbons (Fsp3) is 0.333. The van der Waals surface area contributed by atoms with Crippen molar-refractivity contribution in [2.45, 2.75) is 26.9 Å². The molecule has 0 radical (unpaired) electrons. The van der Waals surface area contributed by atoms with Crippen molar-refractivity contribution in [1.82, 2.24) is 0 Å². The summed E-state index contributed by atoms with van der Waals surface area (Å²) < 4.78 is 6.05. The number of carboxylic acid groups (broad SMARTS) is 1. The first-order chi connectivity index (χ1) is 7.82. The number of ether oxygens (including phenoxy) is 1. The summed E-state index contributed by atoms with van der Waals surface area (Å²) in [6.45, 7) is 4.67. The quantitative estimate of drug-likeness (QED) is 0.869. The first-order valence-corrected chi connectivity index (χ1v) is 5.82. The van der Waals surface area contributed by atoms with Crippen LogP contribution in [-0.4, -0.2) is 23.0 Å². The van der Waals surface area contributed by atoms with Crippen molar-refractivity contribution in [3.8, 4) is 5.75 Å². The number of halogens is 1. The van der Waals surface area contributed by atoms with E-state index in [1.54, 1.807) is 12.1 Å². The monoisotopic (exact) mass is 300 g/mol. The lowest BCUT2D eigenvalue weighted by atomic mass is 10.1. The number of hydrogen-bond acceptors (Lipinski definition) is 3. The molecule has 0 aliphatic carbocycles. The SMILES string of the molecule is CC(=O)c1cc(Br)c(C)cc1OC(C)C(=O)O. The van der Waals surface area contributed by atoms with Crippen LogP contribution in [0.25, 0.3) is 0 Å². The minimum absolute atomic E-state index is 0.168. The van der Waals surface area contributed by atoms with Gasteiger partial charge in [0.2, 0.25) is 0 Å². The molecule has 0 aromatic heterocycles. The van der Waals surface area contributed by atoms with E-state index in [1.165, 1.54) is 13.8 Å². The fourth-order valence-corrected chi connectivity index (χ4v) is 1.61. The zero-order chi connectivity index (χ0) is 13.2. The normalized spacial score (nSPS) is 12.0. The zero-order valence-corrected chi connectivity index (χ0v) is 11.4. The van der Waals surface area contributed by atoms with Gasteiger partial charge in [-0.1, -0.05) is 15.9 Å². The third kappa shape index (κ3) is 3.30.